The molecule has 1 N–H and O–H groups in total. The van der Waals surface area contributed by atoms with Crippen LogP contribution in [0.2, 0.25) is 0 Å². The number of aromatic nitrogens is 1. The molecule has 0 saturated carbocycles. The Morgan fingerprint density at radius 2 is 2.33 bits per heavy atom. The van der Waals surface area contributed by atoms with E-state index in [1.165, 1.54) is 6.92 Å². The van der Waals surface area contributed by atoms with Gasteiger partial charge in [0.25, 0.3) is 0 Å². The quantitative estimate of drug-likeness (QED) is 0.470. The van der Waals surface area contributed by atoms with Crippen LogP contribution in [0.25, 0.3) is 0 Å². The molecule has 8 heteroatoms. The molecule has 0 aliphatic carbocycles. The van der Waals surface area contributed by atoms with Gasteiger partial charge in [0.05, 0.1) is 11.3 Å². The lowest BCUT2D eigenvalue weighted by molar-refractivity contribution is -0.380. The van der Waals surface area contributed by atoms with Crippen molar-refractivity contribution in [1.82, 2.24) is 4.98 Å². The highest BCUT2D eigenvalue weighted by Gasteiger charge is 2.13. The second-order valence-electron chi connectivity index (χ2n) is 2.69. The van der Waals surface area contributed by atoms with Crippen LogP contribution in [-0.4, -0.2) is 21.6 Å². The number of carbonyl (C=O) groups excluding carboxylic acids is 2. The van der Waals surface area contributed by atoms with Gasteiger partial charge in [-0.1, -0.05) is 0 Å². The Bertz CT molecular complexity index is 414. The number of ketones is 1. The number of carbonyl (C=O) groups is 2. The number of nitrogens with zero attached hydrogens (tertiary/aromatic N) is 2. The second-order valence-corrected chi connectivity index (χ2v) is 3.70. The highest BCUT2D eigenvalue weighted by Crippen LogP contribution is 2.24. The Kier molecular flexibility index (Phi) is 3.45. The molecule has 0 saturated heterocycles. The predicted molar refractivity (Wildman–Crippen MR) is 52.7 cm³/mol. The fourth-order valence-electron chi connectivity index (χ4n) is 0.797. The molecule has 0 bridgehead atoms. The van der Waals surface area contributed by atoms with Crippen molar-refractivity contribution in [3.05, 3.63) is 16.3 Å². The molecule has 1 heterocycles. The smallest absolute Gasteiger partial charge is 0.301 e. The highest BCUT2D eigenvalue weighted by atomic mass is 32.1. The molecule has 1 aromatic rings. The molecule has 7 nitrogen and oxygen atoms in total. The molecule has 0 radical (unpaired) electrons. The Morgan fingerprint density at radius 1 is 1.67 bits per heavy atom. The summed E-state index contributed by atoms with van der Waals surface area (Å²) >= 11 is 0.743. The van der Waals surface area contributed by atoms with Crippen molar-refractivity contribution < 1.29 is 14.5 Å². The van der Waals surface area contributed by atoms with Crippen molar-refractivity contribution in [2.75, 3.05) is 5.32 Å². The van der Waals surface area contributed by atoms with Gasteiger partial charge < -0.3 is 5.32 Å². The van der Waals surface area contributed by atoms with E-state index in [4.69, 9.17) is 0 Å². The lowest BCUT2D eigenvalue weighted by atomic mass is 10.3. The van der Waals surface area contributed by atoms with E-state index < -0.39 is 10.8 Å². The third-order valence-electron chi connectivity index (χ3n) is 1.33. The number of hydrogen-bond acceptors (Lipinski definition) is 6. The van der Waals surface area contributed by atoms with Gasteiger partial charge in [0.15, 0.2) is 5.13 Å². The van der Waals surface area contributed by atoms with Crippen LogP contribution < -0.4 is 5.32 Å². The number of Topliss-reactive ketones (excluding diaryl/α,β-unsaturated/α-hetero) is 1. The molecule has 1 aromatic heterocycles. The molecular formula is C7H7N3O4S. The van der Waals surface area contributed by atoms with Crippen molar-refractivity contribution in [2.24, 2.45) is 0 Å². The van der Waals surface area contributed by atoms with Gasteiger partial charge in [-0.15, -0.1) is 0 Å². The molecule has 0 unspecified atom stereocenters. The van der Waals surface area contributed by atoms with Crippen LogP contribution in [-0.2, 0) is 9.59 Å². The molecule has 1 amide bonds. The standard InChI is InChI=1S/C7H7N3O4S/c1-4(11)2-5(12)9-7-8-3-6(15-7)10(13)14/h3H,2H2,1H3,(H,8,9,12). The number of thiazole rings is 1. The third-order valence-corrected chi connectivity index (χ3v) is 2.19. The Hall–Kier alpha value is -1.83. The van der Waals surface area contributed by atoms with E-state index in [0.717, 1.165) is 17.5 Å². The van der Waals surface area contributed by atoms with E-state index in [1.54, 1.807) is 0 Å². The Morgan fingerprint density at radius 3 is 2.80 bits per heavy atom. The van der Waals surface area contributed by atoms with E-state index in [9.17, 15) is 19.7 Å². The third kappa shape index (κ3) is 3.43. The summed E-state index contributed by atoms with van der Waals surface area (Å²) in [5.41, 5.74) is 0. The van der Waals surface area contributed by atoms with Crippen molar-refractivity contribution in [2.45, 2.75) is 13.3 Å². The lowest BCUT2D eigenvalue weighted by Gasteiger charge is -1.96. The summed E-state index contributed by atoms with van der Waals surface area (Å²) in [6, 6.07) is 0. The van der Waals surface area contributed by atoms with E-state index in [1.807, 2.05) is 0 Å². The van der Waals surface area contributed by atoms with Gasteiger partial charge in [0, 0.05) is 0 Å². The maximum Gasteiger partial charge on any atom is 0.345 e. The summed E-state index contributed by atoms with van der Waals surface area (Å²) in [4.78, 5) is 34.9. The minimum Gasteiger partial charge on any atom is -0.301 e. The van der Waals surface area contributed by atoms with Gasteiger partial charge in [-0.2, -0.15) is 0 Å². The van der Waals surface area contributed by atoms with Gasteiger partial charge >= 0.3 is 5.00 Å². The zero-order valence-corrected chi connectivity index (χ0v) is 8.54. The fourth-order valence-corrected chi connectivity index (χ4v) is 1.45. The van der Waals surface area contributed by atoms with E-state index in [2.05, 4.69) is 10.3 Å². The van der Waals surface area contributed by atoms with Crippen molar-refractivity contribution in [3.8, 4) is 0 Å². The van der Waals surface area contributed by atoms with E-state index in [-0.39, 0.29) is 22.3 Å². The summed E-state index contributed by atoms with van der Waals surface area (Å²) in [6.45, 7) is 1.28. The lowest BCUT2D eigenvalue weighted by Crippen LogP contribution is -2.14. The van der Waals surface area contributed by atoms with E-state index >= 15 is 0 Å². The number of nitro groups is 1. The topological polar surface area (TPSA) is 102 Å². The molecule has 1 rings (SSSR count). The summed E-state index contributed by atoms with van der Waals surface area (Å²) in [6.07, 6.45) is 0.793. The summed E-state index contributed by atoms with van der Waals surface area (Å²) < 4.78 is 0. The SMILES string of the molecule is CC(=O)CC(=O)Nc1ncc([N+](=O)[O-])s1. The average Bonchev–Trinajstić information content (AvgIpc) is 2.50. The van der Waals surface area contributed by atoms with Gasteiger partial charge in [0.1, 0.15) is 12.0 Å². The molecule has 80 valence electrons. The number of hydrogen-bond donors (Lipinski definition) is 1. The molecule has 0 atom stereocenters. The first-order chi connectivity index (χ1) is 6.99. The zero-order valence-electron chi connectivity index (χ0n) is 7.72. The van der Waals surface area contributed by atoms with Crippen LogP contribution in [0.1, 0.15) is 13.3 Å². The maximum absolute atomic E-state index is 11.1. The van der Waals surface area contributed by atoms with Crippen LogP contribution >= 0.6 is 11.3 Å². The molecule has 0 aliphatic heterocycles. The molecular weight excluding hydrogens is 222 g/mol. The predicted octanol–water partition coefficient (Wildman–Crippen LogP) is 0.969. The molecule has 0 fully saturated rings. The van der Waals surface area contributed by atoms with Crippen molar-refractivity contribution in [1.29, 1.82) is 0 Å². The minimum absolute atomic E-state index is 0.118. The number of nitrogens with one attached hydrogen (secondary N) is 1. The number of anilines is 1. The summed E-state index contributed by atoms with van der Waals surface area (Å²) in [5, 5.41) is 12.5. The van der Waals surface area contributed by atoms with Crippen LogP contribution in [0.3, 0.4) is 0 Å². The van der Waals surface area contributed by atoms with Gasteiger partial charge in [-0.25, -0.2) is 4.98 Å². The van der Waals surface area contributed by atoms with Crippen LogP contribution in [0.15, 0.2) is 6.20 Å². The molecule has 0 aromatic carbocycles. The Balaban J connectivity index is 2.61. The van der Waals surface area contributed by atoms with Gasteiger partial charge in [-0.3, -0.25) is 19.7 Å². The number of amides is 1. The molecule has 15 heavy (non-hydrogen) atoms. The minimum atomic E-state index is -0.599. The highest BCUT2D eigenvalue weighted by molar-refractivity contribution is 7.18. The first kappa shape index (κ1) is 11.2. The number of rotatable bonds is 4. The molecule has 0 aliphatic rings. The van der Waals surface area contributed by atoms with Crippen LogP contribution in [0.4, 0.5) is 10.1 Å². The monoisotopic (exact) mass is 229 g/mol. The first-order valence-corrected chi connectivity index (χ1v) is 4.70. The van der Waals surface area contributed by atoms with Crippen LogP contribution in [0.5, 0.6) is 0 Å². The normalized spacial score (nSPS) is 9.67. The van der Waals surface area contributed by atoms with E-state index in [0.29, 0.717) is 0 Å². The zero-order chi connectivity index (χ0) is 11.4. The second kappa shape index (κ2) is 4.60. The largest absolute Gasteiger partial charge is 0.345 e. The first-order valence-electron chi connectivity index (χ1n) is 3.88. The van der Waals surface area contributed by atoms with Crippen LogP contribution in [0, 0.1) is 10.1 Å². The maximum atomic E-state index is 11.1. The summed E-state index contributed by atoms with van der Waals surface area (Å²) in [5.74, 6) is -0.801. The average molecular weight is 229 g/mol. The Labute approximate surface area is 88.3 Å². The fraction of sp³-hybridized carbons (Fsp3) is 0.286. The van der Waals surface area contributed by atoms with Gasteiger partial charge in [0.2, 0.25) is 5.91 Å². The van der Waals surface area contributed by atoms with Gasteiger partial charge in [-0.05, 0) is 18.3 Å². The van der Waals surface area contributed by atoms with Crippen molar-refractivity contribution in [3.63, 3.8) is 0 Å². The van der Waals surface area contributed by atoms with Crippen molar-refractivity contribution >= 4 is 33.2 Å². The summed E-state index contributed by atoms with van der Waals surface area (Å²) in [7, 11) is 0. The molecule has 0 spiro atoms.